The highest BCUT2D eigenvalue weighted by Crippen LogP contribution is 2.08. The molecule has 0 aromatic heterocycles. The van der Waals surface area contributed by atoms with Gasteiger partial charge in [0.25, 0.3) is 11.8 Å². The van der Waals surface area contributed by atoms with Crippen molar-refractivity contribution in [2.24, 2.45) is 0 Å². The first kappa shape index (κ1) is 21.9. The highest BCUT2D eigenvalue weighted by atomic mass is 19.1. The molecule has 30 heavy (non-hydrogen) atoms. The van der Waals surface area contributed by atoms with E-state index in [0.717, 1.165) is 39.0 Å². The van der Waals surface area contributed by atoms with Gasteiger partial charge in [0, 0.05) is 12.2 Å². The molecule has 0 atom stereocenters. The lowest BCUT2D eigenvalue weighted by Crippen LogP contribution is -3.28. The van der Waals surface area contributed by atoms with Gasteiger partial charge in [0.2, 0.25) is 0 Å². The molecule has 7 heteroatoms. The summed E-state index contributed by atoms with van der Waals surface area (Å²) in [5.74, 6) is -0.392. The van der Waals surface area contributed by atoms with E-state index >= 15 is 0 Å². The van der Waals surface area contributed by atoms with Crippen molar-refractivity contribution >= 4 is 17.5 Å². The molecule has 1 aliphatic rings. The summed E-state index contributed by atoms with van der Waals surface area (Å²) in [4.78, 5) is 26.8. The van der Waals surface area contributed by atoms with Gasteiger partial charge in [-0.2, -0.15) is 0 Å². The maximum Gasteiger partial charge on any atom is 0.279 e. The fourth-order valence-electron chi connectivity index (χ4n) is 3.76. The van der Waals surface area contributed by atoms with Crippen molar-refractivity contribution < 1.29 is 23.8 Å². The number of aryl methyl sites for hydroxylation is 1. The van der Waals surface area contributed by atoms with Crippen LogP contribution in [-0.4, -0.2) is 57.6 Å². The van der Waals surface area contributed by atoms with Gasteiger partial charge < -0.3 is 20.4 Å². The van der Waals surface area contributed by atoms with Crippen LogP contribution in [0.3, 0.4) is 0 Å². The fraction of sp³-hybridized carbons (Fsp3) is 0.391. The number of halogens is 1. The molecule has 2 amide bonds. The van der Waals surface area contributed by atoms with Crippen LogP contribution in [0.25, 0.3) is 0 Å². The molecule has 3 rings (SSSR count). The summed E-state index contributed by atoms with van der Waals surface area (Å²) >= 11 is 0. The van der Waals surface area contributed by atoms with Gasteiger partial charge in [0.1, 0.15) is 32.0 Å². The molecule has 1 heterocycles. The van der Waals surface area contributed by atoms with Gasteiger partial charge >= 0.3 is 0 Å². The molecule has 160 valence electrons. The van der Waals surface area contributed by atoms with Crippen LogP contribution in [0.15, 0.2) is 54.6 Å². The quantitative estimate of drug-likeness (QED) is 0.410. The average Bonchev–Trinajstić information content (AvgIpc) is 2.73. The summed E-state index contributed by atoms with van der Waals surface area (Å²) in [6, 6.07) is 16.2. The van der Waals surface area contributed by atoms with Crippen molar-refractivity contribution in [2.45, 2.75) is 12.8 Å². The maximum atomic E-state index is 13.2. The zero-order valence-corrected chi connectivity index (χ0v) is 17.3. The Morgan fingerprint density at radius 2 is 1.53 bits per heavy atom. The molecule has 1 fully saturated rings. The van der Waals surface area contributed by atoms with Crippen molar-refractivity contribution in [3.05, 3.63) is 66.0 Å². The van der Waals surface area contributed by atoms with Crippen LogP contribution in [0.1, 0.15) is 12.0 Å². The lowest BCUT2D eigenvalue weighted by molar-refractivity contribution is -1.00. The summed E-state index contributed by atoms with van der Waals surface area (Å²) in [6.45, 7) is 4.93. The summed E-state index contributed by atoms with van der Waals surface area (Å²) in [7, 11) is 0. The second-order valence-electron chi connectivity index (χ2n) is 7.85. The zero-order chi connectivity index (χ0) is 21.2. The predicted molar refractivity (Wildman–Crippen MR) is 114 cm³/mol. The number of benzene rings is 2. The number of carbonyl (C=O) groups is 2. The first-order valence-corrected chi connectivity index (χ1v) is 10.6. The third kappa shape index (κ3) is 7.57. The van der Waals surface area contributed by atoms with Crippen molar-refractivity contribution in [2.75, 3.05) is 51.1 Å². The molecular formula is C23H31FN4O2+2. The van der Waals surface area contributed by atoms with E-state index in [4.69, 9.17) is 0 Å². The highest BCUT2D eigenvalue weighted by Gasteiger charge is 2.26. The molecule has 0 spiro atoms. The number of amides is 2. The summed E-state index contributed by atoms with van der Waals surface area (Å²) in [5, 5.41) is 5.76. The van der Waals surface area contributed by atoms with E-state index in [9.17, 15) is 14.0 Å². The first-order chi connectivity index (χ1) is 14.6. The average molecular weight is 415 g/mol. The van der Waals surface area contributed by atoms with E-state index in [1.807, 2.05) is 18.2 Å². The molecular weight excluding hydrogens is 383 g/mol. The van der Waals surface area contributed by atoms with Gasteiger partial charge in [-0.05, 0) is 36.6 Å². The number of hydrogen-bond donors (Lipinski definition) is 4. The molecule has 0 bridgehead atoms. The second kappa shape index (κ2) is 11.4. The topological polar surface area (TPSA) is 67.1 Å². The monoisotopic (exact) mass is 414 g/mol. The Morgan fingerprint density at radius 3 is 2.20 bits per heavy atom. The molecule has 2 aromatic carbocycles. The number of quaternary nitrogens is 2. The minimum absolute atomic E-state index is 0.0883. The number of hydrogen-bond acceptors (Lipinski definition) is 2. The summed E-state index contributed by atoms with van der Waals surface area (Å²) in [5.41, 5.74) is 1.77. The van der Waals surface area contributed by atoms with Crippen molar-refractivity contribution in [1.29, 1.82) is 0 Å². The summed E-state index contributed by atoms with van der Waals surface area (Å²) < 4.78 is 13.2. The third-order valence-electron chi connectivity index (χ3n) is 5.40. The Bertz CT molecular complexity index is 823. The largest absolute Gasteiger partial charge is 0.351 e. The van der Waals surface area contributed by atoms with Gasteiger partial charge in [-0.15, -0.1) is 0 Å². The van der Waals surface area contributed by atoms with Gasteiger partial charge in [-0.1, -0.05) is 36.4 Å². The van der Waals surface area contributed by atoms with Gasteiger partial charge in [-0.3, -0.25) is 9.59 Å². The van der Waals surface area contributed by atoms with Crippen molar-refractivity contribution in [1.82, 2.24) is 5.32 Å². The normalized spacial score (nSPS) is 18.6. The molecule has 1 saturated heterocycles. The van der Waals surface area contributed by atoms with Crippen LogP contribution in [0.5, 0.6) is 0 Å². The molecule has 0 radical (unpaired) electrons. The zero-order valence-electron chi connectivity index (χ0n) is 17.3. The predicted octanol–water partition coefficient (Wildman–Crippen LogP) is -0.703. The van der Waals surface area contributed by atoms with Gasteiger partial charge in [0.15, 0.2) is 13.1 Å². The lowest BCUT2D eigenvalue weighted by Gasteiger charge is -2.28. The standard InChI is InChI=1S/C23H29FN4O2/c24-20-9-4-10-21(16-20)26-23(30)18-28-14-12-27(13-15-28)17-22(29)25-11-5-8-19-6-2-1-3-7-19/h1-4,6-7,9-10,16H,5,8,11-15,17-18H2,(H,25,29)(H,26,30)/p+2. The van der Waals surface area contributed by atoms with Crippen LogP contribution in [0.2, 0.25) is 0 Å². The molecule has 6 nitrogen and oxygen atoms in total. The van der Waals surface area contributed by atoms with Crippen LogP contribution < -0.4 is 20.4 Å². The van der Waals surface area contributed by atoms with Crippen LogP contribution in [-0.2, 0) is 16.0 Å². The molecule has 0 aliphatic carbocycles. The Hall–Kier alpha value is -2.77. The lowest BCUT2D eigenvalue weighted by atomic mass is 10.1. The highest BCUT2D eigenvalue weighted by molar-refractivity contribution is 5.91. The SMILES string of the molecule is O=C(C[NH+]1CC[NH+](CC(=O)Nc2cccc(F)c2)CC1)NCCCc1ccccc1. The number of piperazine rings is 1. The minimum atomic E-state index is -0.365. The van der Waals surface area contributed by atoms with Crippen molar-refractivity contribution in [3.63, 3.8) is 0 Å². The van der Waals surface area contributed by atoms with E-state index in [0.29, 0.717) is 25.3 Å². The molecule has 4 N–H and O–H groups in total. The third-order valence-corrected chi connectivity index (χ3v) is 5.40. The van der Waals surface area contributed by atoms with Crippen LogP contribution in [0.4, 0.5) is 10.1 Å². The first-order valence-electron chi connectivity index (χ1n) is 10.6. The number of carbonyl (C=O) groups excluding carboxylic acids is 2. The summed E-state index contributed by atoms with van der Waals surface area (Å²) in [6.07, 6.45) is 1.90. The van der Waals surface area contributed by atoms with E-state index in [-0.39, 0.29) is 17.6 Å². The number of nitrogens with one attached hydrogen (secondary N) is 4. The van der Waals surface area contributed by atoms with Gasteiger partial charge in [0.05, 0.1) is 0 Å². The minimum Gasteiger partial charge on any atom is -0.351 e. The smallest absolute Gasteiger partial charge is 0.279 e. The Labute approximate surface area is 177 Å². The number of rotatable bonds is 9. The Balaban J connectivity index is 1.28. The van der Waals surface area contributed by atoms with E-state index in [2.05, 4.69) is 22.8 Å². The molecule has 2 aromatic rings. The molecule has 0 saturated carbocycles. The Kier molecular flexibility index (Phi) is 8.35. The van der Waals surface area contributed by atoms with Gasteiger partial charge in [-0.25, -0.2) is 4.39 Å². The molecule has 0 unspecified atom stereocenters. The van der Waals surface area contributed by atoms with Crippen LogP contribution in [0, 0.1) is 5.82 Å². The van der Waals surface area contributed by atoms with Crippen LogP contribution >= 0.6 is 0 Å². The van der Waals surface area contributed by atoms with Crippen molar-refractivity contribution in [3.8, 4) is 0 Å². The second-order valence-corrected chi connectivity index (χ2v) is 7.85. The van der Waals surface area contributed by atoms with E-state index < -0.39 is 0 Å². The fourth-order valence-corrected chi connectivity index (χ4v) is 3.76. The maximum absolute atomic E-state index is 13.2. The number of anilines is 1. The van der Waals surface area contributed by atoms with E-state index in [1.165, 1.54) is 27.5 Å². The molecule has 1 aliphatic heterocycles. The van der Waals surface area contributed by atoms with E-state index in [1.54, 1.807) is 12.1 Å². The Morgan fingerprint density at radius 1 is 0.867 bits per heavy atom.